The van der Waals surface area contributed by atoms with Crippen molar-refractivity contribution in [2.45, 2.75) is 6.10 Å². The summed E-state index contributed by atoms with van der Waals surface area (Å²) in [5, 5.41) is 4.80. The molecule has 1 heterocycles. The van der Waals surface area contributed by atoms with Gasteiger partial charge in [0.25, 0.3) is 11.5 Å². The number of ether oxygens (including phenoxy) is 1. The van der Waals surface area contributed by atoms with Crippen molar-refractivity contribution >= 4 is 22.6 Å². The number of rotatable bonds is 4. The SMILES string of the molecule is CN(C)C(=O)[C@H](OC(=O)c1nn(C)c(=O)c2ccccc12)c1ccccc1. The van der Waals surface area contributed by atoms with Crippen LogP contribution in [0.1, 0.15) is 22.2 Å². The van der Waals surface area contributed by atoms with E-state index < -0.39 is 12.1 Å². The van der Waals surface area contributed by atoms with Gasteiger partial charge in [0.05, 0.1) is 5.39 Å². The number of fused-ring (bicyclic) bond motifs is 1. The first-order valence-corrected chi connectivity index (χ1v) is 8.33. The van der Waals surface area contributed by atoms with E-state index in [1.807, 2.05) is 6.07 Å². The predicted octanol–water partition coefficient (Wildman–Crippen LogP) is 1.92. The van der Waals surface area contributed by atoms with Crippen LogP contribution in [0.15, 0.2) is 59.4 Å². The standard InChI is InChI=1S/C20H19N3O4/c1-22(2)19(25)17(13-9-5-4-6-10-13)27-20(26)16-14-11-7-8-12-15(14)18(24)23(3)21-16/h4-12,17H,1-3H3/t17-/m1/s1. The monoisotopic (exact) mass is 365 g/mol. The molecule has 0 aliphatic carbocycles. The first-order chi connectivity index (χ1) is 12.9. The Balaban J connectivity index is 2.05. The molecule has 138 valence electrons. The maximum absolute atomic E-state index is 12.9. The van der Waals surface area contributed by atoms with Crippen LogP contribution in [0.2, 0.25) is 0 Å². The summed E-state index contributed by atoms with van der Waals surface area (Å²) in [6.45, 7) is 0. The Hall–Kier alpha value is -3.48. The van der Waals surface area contributed by atoms with Crippen molar-refractivity contribution in [1.29, 1.82) is 0 Å². The smallest absolute Gasteiger partial charge is 0.360 e. The fourth-order valence-corrected chi connectivity index (χ4v) is 2.74. The van der Waals surface area contributed by atoms with Crippen molar-refractivity contribution < 1.29 is 14.3 Å². The van der Waals surface area contributed by atoms with Crippen LogP contribution in [0.4, 0.5) is 0 Å². The second-order valence-corrected chi connectivity index (χ2v) is 6.25. The van der Waals surface area contributed by atoms with E-state index in [1.54, 1.807) is 62.6 Å². The molecule has 0 saturated carbocycles. The molecule has 0 aliphatic heterocycles. The van der Waals surface area contributed by atoms with Gasteiger partial charge in [-0.25, -0.2) is 9.48 Å². The van der Waals surface area contributed by atoms with Crippen molar-refractivity contribution in [3.63, 3.8) is 0 Å². The van der Waals surface area contributed by atoms with Crippen LogP contribution in [0, 0.1) is 0 Å². The van der Waals surface area contributed by atoms with E-state index in [0.717, 1.165) is 4.68 Å². The van der Waals surface area contributed by atoms with E-state index in [9.17, 15) is 14.4 Å². The number of hydrogen-bond acceptors (Lipinski definition) is 5. The molecule has 0 N–H and O–H groups in total. The average molecular weight is 365 g/mol. The molecule has 27 heavy (non-hydrogen) atoms. The van der Waals surface area contributed by atoms with Gasteiger partial charge in [0.1, 0.15) is 0 Å². The first kappa shape index (κ1) is 18.3. The van der Waals surface area contributed by atoms with Crippen LogP contribution >= 0.6 is 0 Å². The lowest BCUT2D eigenvalue weighted by Crippen LogP contribution is -2.32. The molecule has 1 amide bonds. The summed E-state index contributed by atoms with van der Waals surface area (Å²) in [7, 11) is 4.64. The highest BCUT2D eigenvalue weighted by Crippen LogP contribution is 2.22. The Kier molecular flexibility index (Phi) is 5.03. The van der Waals surface area contributed by atoms with Gasteiger partial charge in [0.2, 0.25) is 6.10 Å². The molecular formula is C20H19N3O4. The lowest BCUT2D eigenvalue weighted by molar-refractivity contribution is -0.138. The largest absolute Gasteiger partial charge is 0.442 e. The van der Waals surface area contributed by atoms with E-state index in [1.165, 1.54) is 11.9 Å². The highest BCUT2D eigenvalue weighted by molar-refractivity contribution is 6.03. The van der Waals surface area contributed by atoms with Gasteiger partial charge in [-0.15, -0.1) is 0 Å². The Bertz CT molecular complexity index is 1060. The zero-order valence-corrected chi connectivity index (χ0v) is 15.2. The van der Waals surface area contributed by atoms with Crippen LogP contribution < -0.4 is 5.56 Å². The Morgan fingerprint density at radius 1 is 1.00 bits per heavy atom. The average Bonchev–Trinajstić information content (AvgIpc) is 2.68. The van der Waals surface area contributed by atoms with Crippen molar-refractivity contribution in [3.8, 4) is 0 Å². The molecule has 0 radical (unpaired) electrons. The second kappa shape index (κ2) is 7.41. The first-order valence-electron chi connectivity index (χ1n) is 8.33. The number of nitrogens with zero attached hydrogens (tertiary/aromatic N) is 3. The number of aryl methyl sites for hydroxylation is 1. The molecule has 0 spiro atoms. The highest BCUT2D eigenvalue weighted by Gasteiger charge is 2.28. The van der Waals surface area contributed by atoms with Crippen molar-refractivity contribution in [3.05, 3.63) is 76.2 Å². The fourth-order valence-electron chi connectivity index (χ4n) is 2.74. The third-order valence-electron chi connectivity index (χ3n) is 4.14. The number of likely N-dealkylation sites (N-methyl/N-ethyl adjacent to an activating group) is 1. The summed E-state index contributed by atoms with van der Waals surface area (Å²) < 4.78 is 6.63. The molecule has 1 atom stereocenters. The fraction of sp³-hybridized carbons (Fsp3) is 0.200. The van der Waals surface area contributed by atoms with E-state index in [4.69, 9.17) is 4.74 Å². The molecule has 0 aliphatic rings. The number of carbonyl (C=O) groups excluding carboxylic acids is 2. The predicted molar refractivity (Wildman–Crippen MR) is 100 cm³/mol. The van der Waals surface area contributed by atoms with E-state index >= 15 is 0 Å². The van der Waals surface area contributed by atoms with E-state index in [0.29, 0.717) is 16.3 Å². The topological polar surface area (TPSA) is 81.5 Å². The lowest BCUT2D eigenvalue weighted by atomic mass is 10.1. The number of amides is 1. The maximum atomic E-state index is 12.9. The molecule has 2 aromatic carbocycles. The quantitative estimate of drug-likeness (QED) is 0.660. The summed E-state index contributed by atoms with van der Waals surface area (Å²) in [6.07, 6.45) is -1.11. The molecule has 0 fully saturated rings. The Morgan fingerprint density at radius 3 is 2.22 bits per heavy atom. The molecule has 3 rings (SSSR count). The van der Waals surface area contributed by atoms with Crippen LogP contribution in [0.3, 0.4) is 0 Å². The number of benzene rings is 2. The summed E-state index contributed by atoms with van der Waals surface area (Å²) in [5.74, 6) is -1.14. The van der Waals surface area contributed by atoms with Crippen LogP contribution in [0.5, 0.6) is 0 Å². The Labute approximate surface area is 155 Å². The molecule has 7 heteroatoms. The zero-order valence-electron chi connectivity index (χ0n) is 15.2. The summed E-state index contributed by atoms with van der Waals surface area (Å²) in [4.78, 5) is 39.0. The Morgan fingerprint density at radius 2 is 1.59 bits per heavy atom. The highest BCUT2D eigenvalue weighted by atomic mass is 16.5. The molecule has 0 saturated heterocycles. The number of esters is 1. The normalized spacial score (nSPS) is 11.8. The number of aromatic nitrogens is 2. The molecule has 3 aromatic rings. The zero-order chi connectivity index (χ0) is 19.6. The third-order valence-corrected chi connectivity index (χ3v) is 4.14. The lowest BCUT2D eigenvalue weighted by Gasteiger charge is -2.21. The number of hydrogen-bond donors (Lipinski definition) is 0. The van der Waals surface area contributed by atoms with Crippen LogP contribution in [-0.4, -0.2) is 40.7 Å². The van der Waals surface area contributed by atoms with Gasteiger partial charge in [-0.3, -0.25) is 9.59 Å². The molecule has 0 unspecified atom stereocenters. The van der Waals surface area contributed by atoms with Gasteiger partial charge in [-0.1, -0.05) is 48.5 Å². The minimum absolute atomic E-state index is 0.0137. The van der Waals surface area contributed by atoms with E-state index in [-0.39, 0.29) is 17.2 Å². The molecule has 0 bridgehead atoms. The van der Waals surface area contributed by atoms with E-state index in [2.05, 4.69) is 5.10 Å². The van der Waals surface area contributed by atoms with Crippen molar-refractivity contribution in [1.82, 2.24) is 14.7 Å². The maximum Gasteiger partial charge on any atom is 0.360 e. The molecule has 1 aromatic heterocycles. The van der Waals surface area contributed by atoms with Gasteiger partial charge >= 0.3 is 5.97 Å². The minimum atomic E-state index is -1.11. The summed E-state index contributed by atoms with van der Waals surface area (Å²) in [6, 6.07) is 15.4. The van der Waals surface area contributed by atoms with Gasteiger partial charge < -0.3 is 9.64 Å². The van der Waals surface area contributed by atoms with Gasteiger partial charge in [0.15, 0.2) is 5.69 Å². The summed E-state index contributed by atoms with van der Waals surface area (Å²) in [5.41, 5.74) is 0.227. The van der Waals surface area contributed by atoms with Gasteiger partial charge in [-0.05, 0) is 6.07 Å². The van der Waals surface area contributed by atoms with Crippen molar-refractivity contribution in [2.75, 3.05) is 14.1 Å². The van der Waals surface area contributed by atoms with Crippen LogP contribution in [0.25, 0.3) is 10.8 Å². The van der Waals surface area contributed by atoms with Crippen molar-refractivity contribution in [2.24, 2.45) is 7.05 Å². The third kappa shape index (κ3) is 3.57. The summed E-state index contributed by atoms with van der Waals surface area (Å²) >= 11 is 0. The number of carbonyl (C=O) groups is 2. The molecular weight excluding hydrogens is 346 g/mol. The second-order valence-electron chi connectivity index (χ2n) is 6.25. The minimum Gasteiger partial charge on any atom is -0.442 e. The van der Waals surface area contributed by atoms with Gasteiger partial charge in [-0.2, -0.15) is 5.10 Å². The molecule has 7 nitrogen and oxygen atoms in total. The van der Waals surface area contributed by atoms with Gasteiger partial charge in [0, 0.05) is 32.1 Å². The van der Waals surface area contributed by atoms with Crippen LogP contribution in [-0.2, 0) is 16.6 Å².